The molecule has 0 bridgehead atoms. The number of amides is 1. The van der Waals surface area contributed by atoms with E-state index in [2.05, 4.69) is 5.32 Å². The molecule has 0 unspecified atom stereocenters. The van der Waals surface area contributed by atoms with Crippen LogP contribution >= 0.6 is 0 Å². The number of rotatable bonds is 11. The average molecular weight is 406 g/mol. The van der Waals surface area contributed by atoms with Crippen molar-refractivity contribution in [3.63, 3.8) is 0 Å². The van der Waals surface area contributed by atoms with E-state index >= 15 is 0 Å². The zero-order valence-corrected chi connectivity index (χ0v) is 16.3. The minimum Gasteiger partial charge on any atom is -0.490 e. The van der Waals surface area contributed by atoms with Crippen LogP contribution in [0.1, 0.15) is 19.4 Å². The van der Waals surface area contributed by atoms with Gasteiger partial charge in [-0.3, -0.25) is 14.9 Å². The first-order chi connectivity index (χ1) is 13.9. The summed E-state index contributed by atoms with van der Waals surface area (Å²) in [5.74, 6) is -0.156. The Balaban J connectivity index is 1.87. The van der Waals surface area contributed by atoms with Crippen molar-refractivity contribution < 1.29 is 28.3 Å². The highest BCUT2D eigenvalue weighted by Gasteiger charge is 2.17. The van der Waals surface area contributed by atoms with Gasteiger partial charge in [0.05, 0.1) is 18.1 Å². The molecule has 0 aliphatic heterocycles. The van der Waals surface area contributed by atoms with E-state index in [1.165, 1.54) is 0 Å². The molecule has 2 aromatic carbocycles. The van der Waals surface area contributed by atoms with Crippen molar-refractivity contribution in [3.8, 4) is 17.2 Å². The number of carbonyl (C=O) groups excluding carboxylic acids is 1. The van der Waals surface area contributed by atoms with Crippen LogP contribution in [0.5, 0.6) is 17.2 Å². The number of nitro benzene ring substituents is 1. The normalized spacial score (nSPS) is 10.3. The van der Waals surface area contributed by atoms with Crippen LogP contribution in [0.4, 0.5) is 10.1 Å². The molecule has 1 amide bonds. The smallest absolute Gasteiger partial charge is 0.311 e. The van der Waals surface area contributed by atoms with Gasteiger partial charge in [0.15, 0.2) is 18.1 Å². The van der Waals surface area contributed by atoms with Gasteiger partial charge in [-0.2, -0.15) is 0 Å². The number of hydrogen-bond donors (Lipinski definition) is 1. The maximum Gasteiger partial charge on any atom is 0.311 e. The Morgan fingerprint density at radius 1 is 1.03 bits per heavy atom. The van der Waals surface area contributed by atoms with E-state index < -0.39 is 28.9 Å². The molecule has 0 saturated carbocycles. The van der Waals surface area contributed by atoms with E-state index in [1.54, 1.807) is 0 Å². The van der Waals surface area contributed by atoms with Gasteiger partial charge >= 0.3 is 5.69 Å². The van der Waals surface area contributed by atoms with Crippen LogP contribution in [0.2, 0.25) is 0 Å². The van der Waals surface area contributed by atoms with Crippen LogP contribution in [-0.2, 0) is 11.2 Å². The summed E-state index contributed by atoms with van der Waals surface area (Å²) in [5.41, 5.74) is 0.538. The number of hydrogen-bond acceptors (Lipinski definition) is 6. The lowest BCUT2D eigenvalue weighted by Crippen LogP contribution is -2.30. The lowest BCUT2D eigenvalue weighted by molar-refractivity contribution is -0.385. The molecule has 8 nitrogen and oxygen atoms in total. The number of nitrogens with one attached hydrogen (secondary N) is 1. The predicted molar refractivity (Wildman–Crippen MR) is 104 cm³/mol. The molecule has 0 atom stereocenters. The van der Waals surface area contributed by atoms with Gasteiger partial charge < -0.3 is 19.5 Å². The minimum atomic E-state index is -0.700. The minimum absolute atomic E-state index is 0.294. The van der Waals surface area contributed by atoms with Crippen LogP contribution in [0.15, 0.2) is 36.4 Å². The first-order valence-electron chi connectivity index (χ1n) is 9.16. The van der Waals surface area contributed by atoms with Crippen molar-refractivity contribution in [2.75, 3.05) is 26.4 Å². The van der Waals surface area contributed by atoms with Crippen LogP contribution in [-0.4, -0.2) is 37.2 Å². The Bertz CT molecular complexity index is 859. The SMILES string of the molecule is CCOc1ccc(CCNC(=O)COc2cc(F)ccc2[N+](=O)[O-])cc1OCC. The first kappa shape index (κ1) is 21.9. The standard InChI is InChI=1S/C20H23FN2O6/c1-3-27-17-8-5-14(11-19(17)28-4-2)9-10-22-20(24)13-29-18-12-15(21)6-7-16(18)23(25)26/h5-8,11-12H,3-4,9-10,13H2,1-2H3,(H,22,24). The second-order valence-electron chi connectivity index (χ2n) is 5.90. The van der Waals surface area contributed by atoms with Crippen molar-refractivity contribution in [2.45, 2.75) is 20.3 Å². The number of nitro groups is 1. The van der Waals surface area contributed by atoms with Crippen LogP contribution in [0.3, 0.4) is 0 Å². The summed E-state index contributed by atoms with van der Waals surface area (Å²) in [7, 11) is 0. The summed E-state index contributed by atoms with van der Waals surface area (Å²) in [6.07, 6.45) is 0.540. The third kappa shape index (κ3) is 6.63. The van der Waals surface area contributed by atoms with E-state index in [1.807, 2.05) is 32.0 Å². The molecule has 29 heavy (non-hydrogen) atoms. The highest BCUT2D eigenvalue weighted by atomic mass is 19.1. The van der Waals surface area contributed by atoms with E-state index in [4.69, 9.17) is 14.2 Å². The largest absolute Gasteiger partial charge is 0.490 e. The second kappa shape index (κ2) is 10.8. The number of halogens is 1. The van der Waals surface area contributed by atoms with E-state index in [0.29, 0.717) is 37.7 Å². The summed E-state index contributed by atoms with van der Waals surface area (Å²) in [5, 5.41) is 13.6. The number of carbonyl (C=O) groups is 1. The molecule has 0 spiro atoms. The van der Waals surface area contributed by atoms with Crippen molar-refractivity contribution in [2.24, 2.45) is 0 Å². The van der Waals surface area contributed by atoms with E-state index in [-0.39, 0.29) is 5.75 Å². The molecule has 0 aliphatic carbocycles. The Morgan fingerprint density at radius 2 is 1.76 bits per heavy atom. The maximum atomic E-state index is 13.3. The summed E-state index contributed by atoms with van der Waals surface area (Å²) in [4.78, 5) is 22.2. The molecule has 0 fully saturated rings. The highest BCUT2D eigenvalue weighted by molar-refractivity contribution is 5.77. The Hall–Kier alpha value is -3.36. The molecule has 0 aromatic heterocycles. The van der Waals surface area contributed by atoms with Crippen molar-refractivity contribution in [3.05, 3.63) is 57.9 Å². The van der Waals surface area contributed by atoms with Gasteiger partial charge in [0.1, 0.15) is 5.82 Å². The van der Waals surface area contributed by atoms with Crippen molar-refractivity contribution in [1.82, 2.24) is 5.32 Å². The molecular weight excluding hydrogens is 383 g/mol. The fourth-order valence-corrected chi connectivity index (χ4v) is 2.55. The molecule has 0 radical (unpaired) electrons. The van der Waals surface area contributed by atoms with Gasteiger partial charge in [0, 0.05) is 18.7 Å². The third-order valence-corrected chi connectivity index (χ3v) is 3.82. The monoisotopic (exact) mass is 406 g/mol. The van der Waals surface area contributed by atoms with E-state index in [9.17, 15) is 19.3 Å². The lowest BCUT2D eigenvalue weighted by Gasteiger charge is -2.13. The predicted octanol–water partition coefficient (Wildman–Crippen LogP) is 3.27. The fourth-order valence-electron chi connectivity index (χ4n) is 2.55. The molecule has 2 aromatic rings. The molecule has 0 aliphatic rings. The fraction of sp³-hybridized carbons (Fsp3) is 0.350. The molecule has 2 rings (SSSR count). The quantitative estimate of drug-likeness (QED) is 0.454. The zero-order valence-electron chi connectivity index (χ0n) is 16.3. The number of nitrogens with zero attached hydrogens (tertiary/aromatic N) is 1. The summed E-state index contributed by atoms with van der Waals surface area (Å²) < 4.78 is 29.5. The molecule has 156 valence electrons. The molecule has 9 heteroatoms. The van der Waals surface area contributed by atoms with Crippen LogP contribution < -0.4 is 19.5 Å². The summed E-state index contributed by atoms with van der Waals surface area (Å²) in [6.45, 7) is 4.67. The Kier molecular flexibility index (Phi) is 8.20. The van der Waals surface area contributed by atoms with Gasteiger partial charge in [-0.25, -0.2) is 4.39 Å². The third-order valence-electron chi connectivity index (χ3n) is 3.82. The molecular formula is C20H23FN2O6. The first-order valence-corrected chi connectivity index (χ1v) is 9.16. The van der Waals surface area contributed by atoms with Gasteiger partial charge in [-0.1, -0.05) is 6.07 Å². The van der Waals surface area contributed by atoms with Crippen molar-refractivity contribution >= 4 is 11.6 Å². The Labute approximate surface area is 167 Å². The van der Waals surface area contributed by atoms with Gasteiger partial charge in [-0.15, -0.1) is 0 Å². The van der Waals surface area contributed by atoms with Crippen molar-refractivity contribution in [1.29, 1.82) is 0 Å². The van der Waals surface area contributed by atoms with Crippen LogP contribution in [0.25, 0.3) is 0 Å². The highest BCUT2D eigenvalue weighted by Crippen LogP contribution is 2.29. The van der Waals surface area contributed by atoms with Crippen LogP contribution in [0, 0.1) is 15.9 Å². The van der Waals surface area contributed by atoms with E-state index in [0.717, 1.165) is 23.8 Å². The number of benzene rings is 2. The maximum absolute atomic E-state index is 13.3. The van der Waals surface area contributed by atoms with Gasteiger partial charge in [-0.05, 0) is 44.0 Å². The molecule has 0 saturated heterocycles. The zero-order chi connectivity index (χ0) is 21.2. The number of ether oxygens (including phenoxy) is 3. The molecule has 1 N–H and O–H groups in total. The molecule has 0 heterocycles. The van der Waals surface area contributed by atoms with Gasteiger partial charge in [0.25, 0.3) is 5.91 Å². The lowest BCUT2D eigenvalue weighted by atomic mass is 10.1. The Morgan fingerprint density at radius 3 is 2.45 bits per heavy atom. The second-order valence-corrected chi connectivity index (χ2v) is 5.90. The average Bonchev–Trinajstić information content (AvgIpc) is 2.68. The summed E-state index contributed by atoms with van der Waals surface area (Å²) in [6, 6.07) is 8.38. The summed E-state index contributed by atoms with van der Waals surface area (Å²) >= 11 is 0. The van der Waals surface area contributed by atoms with Gasteiger partial charge in [0.2, 0.25) is 5.75 Å². The topological polar surface area (TPSA) is 99.9 Å².